The van der Waals surface area contributed by atoms with E-state index >= 15 is 0 Å². The number of hydrogen-bond acceptors (Lipinski definition) is 3. The van der Waals surface area contributed by atoms with Crippen molar-refractivity contribution in [1.82, 2.24) is 5.32 Å². The Kier molecular flexibility index (Phi) is 4.81. The van der Waals surface area contributed by atoms with E-state index in [0.29, 0.717) is 28.4 Å². The van der Waals surface area contributed by atoms with Gasteiger partial charge < -0.3 is 10.1 Å². The van der Waals surface area contributed by atoms with Gasteiger partial charge in [0.05, 0.1) is 24.3 Å². The molecule has 0 aromatic heterocycles. The lowest BCUT2D eigenvalue weighted by molar-refractivity contribution is 0.0948. The fourth-order valence-corrected chi connectivity index (χ4v) is 2.06. The van der Waals surface area contributed by atoms with Crippen molar-refractivity contribution in [3.05, 3.63) is 64.2 Å². The summed E-state index contributed by atoms with van der Waals surface area (Å²) in [6.07, 6.45) is 0. The molecular formula is C16H13ClN2O2. The van der Waals surface area contributed by atoms with E-state index in [1.165, 1.54) is 7.11 Å². The maximum Gasteiger partial charge on any atom is 0.255 e. The number of amides is 1. The summed E-state index contributed by atoms with van der Waals surface area (Å²) in [5, 5.41) is 12.1. The molecule has 0 saturated heterocycles. The predicted octanol–water partition coefficient (Wildman–Crippen LogP) is 3.15. The van der Waals surface area contributed by atoms with Crippen molar-refractivity contribution < 1.29 is 9.53 Å². The van der Waals surface area contributed by atoms with E-state index in [1.807, 2.05) is 6.07 Å². The molecule has 0 radical (unpaired) electrons. The lowest BCUT2D eigenvalue weighted by Gasteiger charge is -2.10. The Morgan fingerprint density at radius 3 is 2.86 bits per heavy atom. The first-order chi connectivity index (χ1) is 10.1. The SMILES string of the molecule is COc1ccc(Cl)cc1C(=O)NCc1cccc(C#N)c1. The van der Waals surface area contributed by atoms with Gasteiger partial charge in [0.15, 0.2) is 0 Å². The van der Waals surface area contributed by atoms with Crippen molar-refractivity contribution in [2.75, 3.05) is 7.11 Å². The summed E-state index contributed by atoms with van der Waals surface area (Å²) in [5.41, 5.74) is 1.78. The van der Waals surface area contributed by atoms with Crippen LogP contribution in [0.2, 0.25) is 5.02 Å². The van der Waals surface area contributed by atoms with E-state index in [2.05, 4.69) is 11.4 Å². The first kappa shape index (κ1) is 14.9. The van der Waals surface area contributed by atoms with Crippen molar-refractivity contribution in [2.24, 2.45) is 0 Å². The van der Waals surface area contributed by atoms with E-state index in [-0.39, 0.29) is 5.91 Å². The van der Waals surface area contributed by atoms with Crippen LogP contribution in [0.15, 0.2) is 42.5 Å². The molecular weight excluding hydrogens is 288 g/mol. The van der Waals surface area contributed by atoms with Crippen molar-refractivity contribution in [3.63, 3.8) is 0 Å². The second-order valence-corrected chi connectivity index (χ2v) is 4.78. The highest BCUT2D eigenvalue weighted by molar-refractivity contribution is 6.31. The largest absolute Gasteiger partial charge is 0.496 e. The Bertz CT molecular complexity index is 708. The van der Waals surface area contributed by atoms with Crippen molar-refractivity contribution >= 4 is 17.5 Å². The summed E-state index contributed by atoms with van der Waals surface area (Å²) in [6.45, 7) is 0.323. The minimum Gasteiger partial charge on any atom is -0.496 e. The maximum absolute atomic E-state index is 12.2. The molecule has 2 aromatic carbocycles. The van der Waals surface area contributed by atoms with E-state index < -0.39 is 0 Å². The number of nitriles is 1. The summed E-state index contributed by atoms with van der Waals surface area (Å²) in [4.78, 5) is 12.2. The van der Waals surface area contributed by atoms with Gasteiger partial charge in [0.2, 0.25) is 0 Å². The van der Waals surface area contributed by atoms with Gasteiger partial charge in [-0.05, 0) is 35.9 Å². The molecule has 0 aliphatic heterocycles. The Labute approximate surface area is 127 Å². The van der Waals surface area contributed by atoms with Crippen LogP contribution in [0.25, 0.3) is 0 Å². The van der Waals surface area contributed by atoms with Crippen molar-refractivity contribution in [3.8, 4) is 11.8 Å². The zero-order valence-corrected chi connectivity index (χ0v) is 12.1. The van der Waals surface area contributed by atoms with E-state index in [4.69, 9.17) is 21.6 Å². The van der Waals surface area contributed by atoms with Gasteiger partial charge in [-0.1, -0.05) is 23.7 Å². The maximum atomic E-state index is 12.2. The molecule has 0 atom stereocenters. The Morgan fingerprint density at radius 2 is 2.14 bits per heavy atom. The number of hydrogen-bond donors (Lipinski definition) is 1. The van der Waals surface area contributed by atoms with Crippen LogP contribution < -0.4 is 10.1 Å². The number of carbonyl (C=O) groups is 1. The second-order valence-electron chi connectivity index (χ2n) is 4.34. The first-order valence-electron chi connectivity index (χ1n) is 6.25. The number of carbonyl (C=O) groups excluding carboxylic acids is 1. The smallest absolute Gasteiger partial charge is 0.255 e. The van der Waals surface area contributed by atoms with Crippen LogP contribution in [0.3, 0.4) is 0 Å². The molecule has 0 spiro atoms. The summed E-state index contributed by atoms with van der Waals surface area (Å²) >= 11 is 5.90. The highest BCUT2D eigenvalue weighted by Gasteiger charge is 2.12. The van der Waals surface area contributed by atoms with Gasteiger partial charge in [-0.15, -0.1) is 0 Å². The molecule has 1 amide bonds. The van der Waals surface area contributed by atoms with Crippen LogP contribution in [0, 0.1) is 11.3 Å². The summed E-state index contributed by atoms with van der Waals surface area (Å²) in [7, 11) is 1.50. The summed E-state index contributed by atoms with van der Waals surface area (Å²) in [6, 6.07) is 14.0. The number of halogens is 1. The fraction of sp³-hybridized carbons (Fsp3) is 0.125. The van der Waals surface area contributed by atoms with Gasteiger partial charge in [0, 0.05) is 11.6 Å². The standard InChI is InChI=1S/C16H13ClN2O2/c1-21-15-6-5-13(17)8-14(15)16(20)19-10-12-4-2-3-11(7-12)9-18/h2-8H,10H2,1H3,(H,19,20). The summed E-state index contributed by atoms with van der Waals surface area (Å²) in [5.74, 6) is 0.180. The third-order valence-electron chi connectivity index (χ3n) is 2.92. The van der Waals surface area contributed by atoms with E-state index in [9.17, 15) is 4.79 Å². The zero-order valence-electron chi connectivity index (χ0n) is 11.4. The molecule has 5 heteroatoms. The molecule has 4 nitrogen and oxygen atoms in total. The molecule has 106 valence electrons. The summed E-state index contributed by atoms with van der Waals surface area (Å²) < 4.78 is 5.15. The minimum absolute atomic E-state index is 0.281. The highest BCUT2D eigenvalue weighted by atomic mass is 35.5. The first-order valence-corrected chi connectivity index (χ1v) is 6.62. The second kappa shape index (κ2) is 6.78. The van der Waals surface area contributed by atoms with Gasteiger partial charge in [-0.2, -0.15) is 5.26 Å². The van der Waals surface area contributed by atoms with E-state index in [1.54, 1.807) is 36.4 Å². The number of rotatable bonds is 4. The van der Waals surface area contributed by atoms with Gasteiger partial charge in [-0.25, -0.2) is 0 Å². The lowest BCUT2D eigenvalue weighted by Crippen LogP contribution is -2.23. The molecule has 2 rings (SSSR count). The van der Waals surface area contributed by atoms with Crippen LogP contribution in [0.1, 0.15) is 21.5 Å². The van der Waals surface area contributed by atoms with Crippen molar-refractivity contribution in [2.45, 2.75) is 6.54 Å². The van der Waals surface area contributed by atoms with Gasteiger partial charge in [0.1, 0.15) is 5.75 Å². The molecule has 21 heavy (non-hydrogen) atoms. The number of methoxy groups -OCH3 is 1. The Hall–Kier alpha value is -2.51. The number of nitrogens with zero attached hydrogens (tertiary/aromatic N) is 1. The highest BCUT2D eigenvalue weighted by Crippen LogP contribution is 2.22. The molecule has 1 N–H and O–H groups in total. The quantitative estimate of drug-likeness (QED) is 0.943. The van der Waals surface area contributed by atoms with Gasteiger partial charge >= 0.3 is 0 Å². The van der Waals surface area contributed by atoms with Crippen LogP contribution in [0.5, 0.6) is 5.75 Å². The van der Waals surface area contributed by atoms with Crippen LogP contribution in [0.4, 0.5) is 0 Å². The molecule has 0 heterocycles. The Balaban J connectivity index is 2.11. The fourth-order valence-electron chi connectivity index (χ4n) is 1.89. The Morgan fingerprint density at radius 1 is 1.33 bits per heavy atom. The number of ether oxygens (including phenoxy) is 1. The van der Waals surface area contributed by atoms with Gasteiger partial charge in [0.25, 0.3) is 5.91 Å². The molecule has 0 aliphatic carbocycles. The normalized spacial score (nSPS) is 9.76. The zero-order chi connectivity index (χ0) is 15.2. The minimum atomic E-state index is -0.281. The average molecular weight is 301 g/mol. The molecule has 0 unspecified atom stereocenters. The third-order valence-corrected chi connectivity index (χ3v) is 3.15. The van der Waals surface area contributed by atoms with Crippen molar-refractivity contribution in [1.29, 1.82) is 5.26 Å². The average Bonchev–Trinajstić information content (AvgIpc) is 2.52. The van der Waals surface area contributed by atoms with Gasteiger partial charge in [-0.3, -0.25) is 4.79 Å². The molecule has 0 bridgehead atoms. The van der Waals surface area contributed by atoms with E-state index in [0.717, 1.165) is 5.56 Å². The van der Waals surface area contributed by atoms with Crippen LogP contribution in [-0.4, -0.2) is 13.0 Å². The molecule has 2 aromatic rings. The number of benzene rings is 2. The van der Waals surface area contributed by atoms with Crippen LogP contribution >= 0.6 is 11.6 Å². The lowest BCUT2D eigenvalue weighted by atomic mass is 10.1. The monoisotopic (exact) mass is 300 g/mol. The molecule has 0 saturated carbocycles. The predicted molar refractivity (Wildman–Crippen MR) is 80.3 cm³/mol. The molecule has 0 aliphatic rings. The topological polar surface area (TPSA) is 62.1 Å². The third kappa shape index (κ3) is 3.74. The molecule has 0 fully saturated rings. The van der Waals surface area contributed by atoms with Crippen LogP contribution in [-0.2, 0) is 6.54 Å². The number of nitrogens with one attached hydrogen (secondary N) is 1.